The highest BCUT2D eigenvalue weighted by molar-refractivity contribution is 5.89. The molecule has 6 nitrogen and oxygen atoms in total. The van der Waals surface area contributed by atoms with Crippen molar-refractivity contribution < 1.29 is 29.7 Å². The quantitative estimate of drug-likeness (QED) is 0.559. The van der Waals surface area contributed by atoms with Gasteiger partial charge in [-0.05, 0) is 67.8 Å². The van der Waals surface area contributed by atoms with E-state index in [1.807, 2.05) is 6.92 Å². The van der Waals surface area contributed by atoms with Crippen LogP contribution in [0, 0.1) is 28.6 Å². The molecule has 0 radical (unpaired) electrons. The molecule has 1 fully saturated rings. The Morgan fingerprint density at radius 3 is 2.17 bits per heavy atom. The Kier molecular flexibility index (Phi) is 7.32. The Hall–Kier alpha value is -2.37. The summed E-state index contributed by atoms with van der Waals surface area (Å²) in [7, 11) is 0. The van der Waals surface area contributed by atoms with Crippen LogP contribution in [0.25, 0.3) is 0 Å². The molecule has 30 heavy (non-hydrogen) atoms. The van der Waals surface area contributed by atoms with Crippen molar-refractivity contribution in [2.24, 2.45) is 28.6 Å². The molecule has 0 amide bonds. The Labute approximate surface area is 178 Å². The van der Waals surface area contributed by atoms with Crippen molar-refractivity contribution in [3.63, 3.8) is 0 Å². The van der Waals surface area contributed by atoms with Crippen LogP contribution in [0.1, 0.15) is 66.2 Å². The molecule has 1 saturated carbocycles. The van der Waals surface area contributed by atoms with Crippen LogP contribution in [0.3, 0.4) is 0 Å². The highest BCUT2D eigenvalue weighted by Crippen LogP contribution is 2.62. The van der Waals surface area contributed by atoms with Crippen molar-refractivity contribution in [3.8, 4) is 0 Å². The molecule has 0 aromatic rings. The number of carbonyl (C=O) groups is 3. The Balaban J connectivity index is 0.000000343. The zero-order chi connectivity index (χ0) is 22.7. The summed E-state index contributed by atoms with van der Waals surface area (Å²) in [4.78, 5) is 31.0. The highest BCUT2D eigenvalue weighted by atomic mass is 16.4. The van der Waals surface area contributed by atoms with E-state index in [0.29, 0.717) is 24.0 Å². The number of fused-ring (bicyclic) bond motifs is 3. The van der Waals surface area contributed by atoms with E-state index in [-0.39, 0.29) is 11.3 Å². The molecular formula is C24H34O6. The van der Waals surface area contributed by atoms with Crippen LogP contribution in [-0.4, -0.2) is 33.2 Å². The second kappa shape index (κ2) is 9.19. The number of carboxylic acid groups (broad SMARTS) is 3. The molecule has 166 valence electrons. The fourth-order valence-corrected chi connectivity index (χ4v) is 5.74. The minimum absolute atomic E-state index is 0.161. The van der Waals surface area contributed by atoms with Crippen LogP contribution >= 0.6 is 0 Å². The zero-order valence-corrected chi connectivity index (χ0v) is 18.4. The number of carboxylic acids is 3. The van der Waals surface area contributed by atoms with Crippen molar-refractivity contribution >= 4 is 17.9 Å². The first kappa shape index (κ1) is 23.9. The van der Waals surface area contributed by atoms with Gasteiger partial charge in [0.15, 0.2) is 0 Å². The lowest BCUT2D eigenvalue weighted by molar-refractivity contribution is -0.162. The van der Waals surface area contributed by atoms with E-state index in [1.165, 1.54) is 24.8 Å². The number of hydrogen-bond donors (Lipinski definition) is 3. The van der Waals surface area contributed by atoms with Crippen molar-refractivity contribution in [2.75, 3.05) is 0 Å². The first-order chi connectivity index (χ1) is 13.9. The van der Waals surface area contributed by atoms with Crippen molar-refractivity contribution in [2.45, 2.75) is 66.2 Å². The van der Waals surface area contributed by atoms with Gasteiger partial charge in [-0.2, -0.15) is 0 Å². The number of aliphatic carboxylic acids is 3. The average molecular weight is 419 g/mol. The van der Waals surface area contributed by atoms with Gasteiger partial charge in [-0.1, -0.05) is 44.9 Å². The fraction of sp³-hybridized carbons (Fsp3) is 0.625. The molecule has 0 aromatic heterocycles. The molecule has 3 N–H and O–H groups in total. The van der Waals surface area contributed by atoms with Crippen LogP contribution in [0.5, 0.6) is 0 Å². The Morgan fingerprint density at radius 1 is 1.07 bits per heavy atom. The summed E-state index contributed by atoms with van der Waals surface area (Å²) in [5.41, 5.74) is 2.69. The van der Waals surface area contributed by atoms with E-state index >= 15 is 0 Å². The summed E-state index contributed by atoms with van der Waals surface area (Å²) < 4.78 is 0. The van der Waals surface area contributed by atoms with Crippen LogP contribution in [0.2, 0.25) is 0 Å². The van der Waals surface area contributed by atoms with Gasteiger partial charge in [0, 0.05) is 12.2 Å². The van der Waals surface area contributed by atoms with Gasteiger partial charge < -0.3 is 15.3 Å². The van der Waals surface area contributed by atoms with Gasteiger partial charge in [0.2, 0.25) is 0 Å². The lowest BCUT2D eigenvalue weighted by Gasteiger charge is -2.57. The minimum atomic E-state index is -1.26. The summed E-state index contributed by atoms with van der Waals surface area (Å²) >= 11 is 0. The maximum absolute atomic E-state index is 11.9. The van der Waals surface area contributed by atoms with Crippen LogP contribution < -0.4 is 0 Å². The molecule has 0 bridgehead atoms. The minimum Gasteiger partial charge on any atom is -0.481 e. The second-order valence-corrected chi connectivity index (χ2v) is 9.55. The SMILES string of the molecule is CC(C)C1=CC2=CCC3[C@](C)(C(=O)O)CCC[C@]3(C)[C@H]2CC1.O=C(O)/C=C/C(=O)O. The standard InChI is InChI=1S/C20H30O2.C4H4O4/c1-13(2)14-6-8-16-15(12-14)7-9-17-19(16,3)10-5-11-20(17,4)18(21)22;5-3(6)1-2-4(7)8/h7,12-13,16-17H,5-6,8-11H2,1-4H3,(H,21,22);1-2H,(H,5,6)(H,7,8)/b;2-1+/t16-,17?,19+,20+;/m0./s1. The van der Waals surface area contributed by atoms with Crippen LogP contribution in [0.4, 0.5) is 0 Å². The van der Waals surface area contributed by atoms with E-state index in [2.05, 4.69) is 32.9 Å². The van der Waals surface area contributed by atoms with E-state index in [0.717, 1.165) is 19.3 Å². The predicted octanol–water partition coefficient (Wildman–Crippen LogP) is 4.92. The predicted molar refractivity (Wildman–Crippen MR) is 114 cm³/mol. The van der Waals surface area contributed by atoms with Crippen LogP contribution in [-0.2, 0) is 14.4 Å². The topological polar surface area (TPSA) is 112 Å². The van der Waals surface area contributed by atoms with Gasteiger partial charge in [0.25, 0.3) is 0 Å². The molecule has 1 unspecified atom stereocenters. The van der Waals surface area contributed by atoms with Gasteiger partial charge in [-0.15, -0.1) is 0 Å². The normalized spacial score (nSPS) is 32.8. The van der Waals surface area contributed by atoms with Gasteiger partial charge in [0.05, 0.1) is 5.41 Å². The largest absolute Gasteiger partial charge is 0.481 e. The molecule has 0 saturated heterocycles. The molecule has 3 aliphatic carbocycles. The Bertz CT molecular complexity index is 774. The monoisotopic (exact) mass is 418 g/mol. The molecule has 3 aliphatic rings. The average Bonchev–Trinajstić information content (AvgIpc) is 2.66. The number of rotatable bonds is 4. The summed E-state index contributed by atoms with van der Waals surface area (Å²) in [5, 5.41) is 25.5. The Morgan fingerprint density at radius 2 is 1.67 bits per heavy atom. The molecule has 0 heterocycles. The smallest absolute Gasteiger partial charge is 0.328 e. The fourth-order valence-electron chi connectivity index (χ4n) is 5.74. The number of hydrogen-bond acceptors (Lipinski definition) is 3. The van der Waals surface area contributed by atoms with Gasteiger partial charge in [0.1, 0.15) is 0 Å². The zero-order valence-electron chi connectivity index (χ0n) is 18.4. The van der Waals surface area contributed by atoms with Crippen LogP contribution in [0.15, 0.2) is 35.5 Å². The molecule has 6 heteroatoms. The van der Waals surface area contributed by atoms with E-state index < -0.39 is 23.3 Å². The molecule has 4 atom stereocenters. The van der Waals surface area contributed by atoms with Crippen molar-refractivity contribution in [3.05, 3.63) is 35.5 Å². The summed E-state index contributed by atoms with van der Waals surface area (Å²) in [6, 6.07) is 0. The maximum atomic E-state index is 11.9. The highest BCUT2D eigenvalue weighted by Gasteiger charge is 2.57. The van der Waals surface area contributed by atoms with Gasteiger partial charge in [-0.25, -0.2) is 9.59 Å². The molecular weight excluding hydrogens is 384 g/mol. The van der Waals surface area contributed by atoms with Gasteiger partial charge in [-0.3, -0.25) is 4.79 Å². The molecule has 0 spiro atoms. The second-order valence-electron chi connectivity index (χ2n) is 9.55. The number of allylic oxidation sites excluding steroid dienone is 4. The summed E-state index contributed by atoms with van der Waals surface area (Å²) in [6.45, 7) is 8.93. The molecule has 0 aliphatic heterocycles. The third-order valence-corrected chi connectivity index (χ3v) is 7.44. The van der Waals surface area contributed by atoms with E-state index in [1.54, 1.807) is 5.57 Å². The summed E-state index contributed by atoms with van der Waals surface area (Å²) in [5.74, 6) is -1.63. The van der Waals surface area contributed by atoms with Gasteiger partial charge >= 0.3 is 17.9 Å². The molecule has 3 rings (SSSR count). The lowest BCUT2D eigenvalue weighted by Crippen LogP contribution is -2.53. The summed E-state index contributed by atoms with van der Waals surface area (Å²) in [6.07, 6.45) is 12.3. The third-order valence-electron chi connectivity index (χ3n) is 7.44. The molecule has 0 aromatic carbocycles. The van der Waals surface area contributed by atoms with E-state index in [9.17, 15) is 19.5 Å². The first-order valence-electron chi connectivity index (χ1n) is 10.7. The maximum Gasteiger partial charge on any atom is 0.328 e. The lowest BCUT2D eigenvalue weighted by atomic mass is 9.47. The third kappa shape index (κ3) is 4.85. The van der Waals surface area contributed by atoms with Crippen molar-refractivity contribution in [1.29, 1.82) is 0 Å². The van der Waals surface area contributed by atoms with E-state index in [4.69, 9.17) is 10.2 Å². The van der Waals surface area contributed by atoms with Crippen molar-refractivity contribution in [1.82, 2.24) is 0 Å². The first-order valence-corrected chi connectivity index (χ1v) is 10.7.